The molecule has 3 rings (SSSR count). The molecule has 0 saturated heterocycles. The van der Waals surface area contributed by atoms with Crippen molar-refractivity contribution in [2.24, 2.45) is 5.73 Å². The minimum atomic E-state index is -0.638. The fourth-order valence-electron chi connectivity index (χ4n) is 2.07. The van der Waals surface area contributed by atoms with Crippen molar-refractivity contribution in [1.29, 1.82) is 0 Å². The maximum atomic E-state index is 12.9. The molecule has 0 atom stereocenters. The molecule has 5 nitrogen and oxygen atoms in total. The highest BCUT2D eigenvalue weighted by molar-refractivity contribution is 5.96. The highest BCUT2D eigenvalue weighted by Gasteiger charge is 2.14. The molecule has 0 bridgehead atoms. The standard InChI is InChI=1S/C15H11FN4O/c16-12-7-5-10(6-8-12)9-1-3-11(4-2-9)13-14(15(17)21)19-20-18-13/h1-8H,(H2,17,21)(H,18,19,20). The normalized spacial score (nSPS) is 10.5. The Kier molecular flexibility index (Phi) is 3.19. The molecular weight excluding hydrogens is 271 g/mol. The molecule has 104 valence electrons. The number of carbonyl (C=O) groups is 1. The first-order valence-electron chi connectivity index (χ1n) is 6.22. The number of rotatable bonds is 3. The van der Waals surface area contributed by atoms with Crippen LogP contribution in [-0.4, -0.2) is 21.3 Å². The van der Waals surface area contributed by atoms with Gasteiger partial charge in [-0.3, -0.25) is 4.79 Å². The van der Waals surface area contributed by atoms with Crippen molar-refractivity contribution in [3.05, 3.63) is 60.0 Å². The van der Waals surface area contributed by atoms with Crippen LogP contribution in [0.1, 0.15) is 10.5 Å². The Bertz CT molecular complexity index is 778. The summed E-state index contributed by atoms with van der Waals surface area (Å²) in [5, 5.41) is 10.1. The predicted molar refractivity (Wildman–Crippen MR) is 75.7 cm³/mol. The van der Waals surface area contributed by atoms with Crippen molar-refractivity contribution in [3.63, 3.8) is 0 Å². The number of halogens is 1. The van der Waals surface area contributed by atoms with E-state index in [1.54, 1.807) is 12.1 Å². The number of carbonyl (C=O) groups excluding carboxylic acids is 1. The predicted octanol–water partition coefficient (Wildman–Crippen LogP) is 2.38. The van der Waals surface area contributed by atoms with E-state index in [0.717, 1.165) is 16.7 Å². The lowest BCUT2D eigenvalue weighted by atomic mass is 10.0. The molecule has 1 amide bonds. The van der Waals surface area contributed by atoms with Crippen LogP contribution >= 0.6 is 0 Å². The zero-order valence-electron chi connectivity index (χ0n) is 10.9. The summed E-state index contributed by atoms with van der Waals surface area (Å²) in [6, 6.07) is 13.6. The maximum absolute atomic E-state index is 12.9. The summed E-state index contributed by atoms with van der Waals surface area (Å²) < 4.78 is 12.9. The molecule has 0 unspecified atom stereocenters. The van der Waals surface area contributed by atoms with Crippen molar-refractivity contribution >= 4 is 5.91 Å². The summed E-state index contributed by atoms with van der Waals surface area (Å²) >= 11 is 0. The molecule has 0 aliphatic rings. The Labute approximate surface area is 119 Å². The topological polar surface area (TPSA) is 84.7 Å². The van der Waals surface area contributed by atoms with Crippen molar-refractivity contribution in [1.82, 2.24) is 15.4 Å². The van der Waals surface area contributed by atoms with Crippen molar-refractivity contribution in [2.45, 2.75) is 0 Å². The lowest BCUT2D eigenvalue weighted by molar-refractivity contribution is 0.0996. The highest BCUT2D eigenvalue weighted by Crippen LogP contribution is 2.25. The number of aromatic nitrogens is 3. The van der Waals surface area contributed by atoms with Crippen LogP contribution in [0.4, 0.5) is 4.39 Å². The molecule has 2 aromatic carbocycles. The number of nitrogens with one attached hydrogen (secondary N) is 1. The van der Waals surface area contributed by atoms with Crippen molar-refractivity contribution in [2.75, 3.05) is 0 Å². The van der Waals surface area contributed by atoms with Gasteiger partial charge in [-0.15, -0.1) is 0 Å². The van der Waals surface area contributed by atoms with E-state index < -0.39 is 5.91 Å². The van der Waals surface area contributed by atoms with E-state index in [1.807, 2.05) is 24.3 Å². The second-order valence-corrected chi connectivity index (χ2v) is 4.47. The lowest BCUT2D eigenvalue weighted by Gasteiger charge is -2.03. The average Bonchev–Trinajstić information content (AvgIpc) is 2.98. The summed E-state index contributed by atoms with van der Waals surface area (Å²) in [5.74, 6) is -0.912. The molecule has 1 aromatic heterocycles. The summed E-state index contributed by atoms with van der Waals surface area (Å²) in [4.78, 5) is 11.2. The number of hydrogen-bond acceptors (Lipinski definition) is 3. The number of nitrogens with two attached hydrogens (primary N) is 1. The Morgan fingerprint density at radius 2 is 1.43 bits per heavy atom. The van der Waals surface area contributed by atoms with E-state index in [0.29, 0.717) is 5.69 Å². The van der Waals surface area contributed by atoms with Crippen LogP contribution in [0.2, 0.25) is 0 Å². The van der Waals surface area contributed by atoms with Gasteiger partial charge in [-0.05, 0) is 23.3 Å². The fraction of sp³-hybridized carbons (Fsp3) is 0. The molecular formula is C15H11FN4O. The Hall–Kier alpha value is -3.02. The summed E-state index contributed by atoms with van der Waals surface area (Å²) in [6.07, 6.45) is 0. The minimum Gasteiger partial charge on any atom is -0.364 e. The number of amides is 1. The number of H-pyrrole nitrogens is 1. The monoisotopic (exact) mass is 282 g/mol. The maximum Gasteiger partial charge on any atom is 0.271 e. The second kappa shape index (κ2) is 5.16. The van der Waals surface area contributed by atoms with Gasteiger partial charge in [-0.2, -0.15) is 15.4 Å². The molecule has 0 spiro atoms. The third kappa shape index (κ3) is 2.51. The van der Waals surface area contributed by atoms with Gasteiger partial charge in [0.25, 0.3) is 5.91 Å². The number of nitrogens with zero attached hydrogens (tertiary/aromatic N) is 2. The van der Waals surface area contributed by atoms with E-state index in [1.165, 1.54) is 12.1 Å². The van der Waals surface area contributed by atoms with Crippen LogP contribution < -0.4 is 5.73 Å². The molecule has 0 saturated carbocycles. The van der Waals surface area contributed by atoms with Gasteiger partial charge in [0.05, 0.1) is 0 Å². The first-order valence-corrected chi connectivity index (χ1v) is 6.22. The smallest absolute Gasteiger partial charge is 0.271 e. The first-order chi connectivity index (χ1) is 10.1. The summed E-state index contributed by atoms with van der Waals surface area (Å²) in [6.45, 7) is 0. The Morgan fingerprint density at radius 1 is 0.905 bits per heavy atom. The Morgan fingerprint density at radius 3 is 2.00 bits per heavy atom. The van der Waals surface area contributed by atoms with Gasteiger partial charge in [0.2, 0.25) is 0 Å². The SMILES string of the molecule is NC(=O)c1n[nH]nc1-c1ccc(-c2ccc(F)cc2)cc1. The van der Waals surface area contributed by atoms with Gasteiger partial charge in [0, 0.05) is 5.56 Å². The molecule has 3 aromatic rings. The molecule has 0 fully saturated rings. The molecule has 0 aliphatic heterocycles. The molecule has 0 radical (unpaired) electrons. The highest BCUT2D eigenvalue weighted by atomic mass is 19.1. The van der Waals surface area contributed by atoms with Gasteiger partial charge in [0.15, 0.2) is 5.69 Å². The third-order valence-corrected chi connectivity index (χ3v) is 3.12. The molecule has 0 aliphatic carbocycles. The second-order valence-electron chi connectivity index (χ2n) is 4.47. The van der Waals surface area contributed by atoms with Crippen molar-refractivity contribution < 1.29 is 9.18 Å². The fourth-order valence-corrected chi connectivity index (χ4v) is 2.07. The van der Waals surface area contributed by atoms with Crippen LogP contribution in [0.25, 0.3) is 22.4 Å². The lowest BCUT2D eigenvalue weighted by Crippen LogP contribution is -2.12. The largest absolute Gasteiger partial charge is 0.364 e. The summed E-state index contributed by atoms with van der Waals surface area (Å²) in [7, 11) is 0. The average molecular weight is 282 g/mol. The Balaban J connectivity index is 1.95. The summed E-state index contributed by atoms with van der Waals surface area (Å²) in [5.41, 5.74) is 8.31. The third-order valence-electron chi connectivity index (χ3n) is 3.12. The first kappa shape index (κ1) is 13.0. The van der Waals surface area contributed by atoms with Crippen LogP contribution in [-0.2, 0) is 0 Å². The zero-order chi connectivity index (χ0) is 14.8. The van der Waals surface area contributed by atoms with Gasteiger partial charge >= 0.3 is 0 Å². The minimum absolute atomic E-state index is 0.101. The van der Waals surface area contributed by atoms with Gasteiger partial charge in [-0.1, -0.05) is 36.4 Å². The van der Waals surface area contributed by atoms with Crippen LogP contribution in [0.5, 0.6) is 0 Å². The van der Waals surface area contributed by atoms with E-state index in [2.05, 4.69) is 15.4 Å². The number of aromatic amines is 1. The number of hydrogen-bond donors (Lipinski definition) is 2. The number of benzene rings is 2. The van der Waals surface area contributed by atoms with E-state index in [4.69, 9.17) is 5.73 Å². The van der Waals surface area contributed by atoms with Crippen LogP contribution in [0.15, 0.2) is 48.5 Å². The van der Waals surface area contributed by atoms with Crippen molar-refractivity contribution in [3.8, 4) is 22.4 Å². The van der Waals surface area contributed by atoms with E-state index in [9.17, 15) is 9.18 Å². The molecule has 6 heteroatoms. The van der Waals surface area contributed by atoms with E-state index in [-0.39, 0.29) is 11.5 Å². The van der Waals surface area contributed by atoms with Gasteiger partial charge in [-0.25, -0.2) is 4.39 Å². The van der Waals surface area contributed by atoms with Gasteiger partial charge < -0.3 is 5.73 Å². The molecule has 1 heterocycles. The quantitative estimate of drug-likeness (QED) is 0.773. The van der Waals surface area contributed by atoms with Gasteiger partial charge in [0.1, 0.15) is 11.5 Å². The van der Waals surface area contributed by atoms with Crippen LogP contribution in [0, 0.1) is 5.82 Å². The molecule has 3 N–H and O–H groups in total. The van der Waals surface area contributed by atoms with Crippen LogP contribution in [0.3, 0.4) is 0 Å². The number of primary amides is 1. The molecule has 21 heavy (non-hydrogen) atoms. The zero-order valence-corrected chi connectivity index (χ0v) is 10.9. The van der Waals surface area contributed by atoms with E-state index >= 15 is 0 Å².